The van der Waals surface area contributed by atoms with Crippen LogP contribution in [0, 0.1) is 6.92 Å². The molecule has 0 saturated carbocycles. The molecule has 0 aliphatic carbocycles. The lowest BCUT2D eigenvalue weighted by Crippen LogP contribution is -1.89. The number of hydrogen-bond acceptors (Lipinski definition) is 4. The zero-order valence-corrected chi connectivity index (χ0v) is 11.7. The van der Waals surface area contributed by atoms with Gasteiger partial charge in [0.25, 0.3) is 0 Å². The van der Waals surface area contributed by atoms with E-state index < -0.39 is 0 Å². The molecule has 0 fully saturated rings. The minimum absolute atomic E-state index is 0.750. The molecule has 0 saturated heterocycles. The number of rotatable bonds is 1. The molecular formula is C15H12N4S. The second-order valence-corrected chi connectivity index (χ2v) is 5.85. The fourth-order valence-electron chi connectivity index (χ4n) is 2.36. The van der Waals surface area contributed by atoms with Crippen molar-refractivity contribution in [3.63, 3.8) is 0 Å². The lowest BCUT2D eigenvalue weighted by atomic mass is 10.2. The predicted octanol–water partition coefficient (Wildman–Crippen LogP) is 3.50. The lowest BCUT2D eigenvalue weighted by molar-refractivity contribution is 1.12. The third-order valence-corrected chi connectivity index (χ3v) is 4.35. The molecule has 0 amide bonds. The first-order valence-electron chi connectivity index (χ1n) is 6.32. The summed E-state index contributed by atoms with van der Waals surface area (Å²) < 4.78 is 3.33. The fourth-order valence-corrected chi connectivity index (χ4v) is 3.42. The molecule has 4 rings (SSSR count). The van der Waals surface area contributed by atoms with Crippen LogP contribution in [0.2, 0.25) is 0 Å². The normalized spacial score (nSPS) is 11.4. The van der Waals surface area contributed by atoms with Gasteiger partial charge in [0.05, 0.1) is 10.2 Å². The minimum Gasteiger partial charge on any atom is -0.399 e. The smallest absolute Gasteiger partial charge is 0.217 e. The summed E-state index contributed by atoms with van der Waals surface area (Å²) in [5.41, 5.74) is 9.91. The van der Waals surface area contributed by atoms with Gasteiger partial charge in [-0.2, -0.15) is 0 Å². The Morgan fingerprint density at radius 1 is 1.05 bits per heavy atom. The van der Waals surface area contributed by atoms with E-state index in [1.54, 1.807) is 11.3 Å². The van der Waals surface area contributed by atoms with Crippen molar-refractivity contribution in [3.8, 4) is 11.4 Å². The standard InChI is InChI=1S/C15H12N4S/c1-9-2-7-12-13(8-9)20-15-18-17-14(19(12)15)10-3-5-11(16)6-4-10/h2-8H,16H2,1H3. The molecule has 2 aromatic heterocycles. The van der Waals surface area contributed by atoms with Crippen LogP contribution in [0.5, 0.6) is 0 Å². The van der Waals surface area contributed by atoms with E-state index in [0.717, 1.165) is 27.6 Å². The molecule has 20 heavy (non-hydrogen) atoms. The highest BCUT2D eigenvalue weighted by molar-refractivity contribution is 7.23. The van der Waals surface area contributed by atoms with E-state index in [1.165, 1.54) is 10.3 Å². The van der Waals surface area contributed by atoms with Gasteiger partial charge in [-0.15, -0.1) is 10.2 Å². The maximum Gasteiger partial charge on any atom is 0.217 e. The Morgan fingerprint density at radius 2 is 1.85 bits per heavy atom. The summed E-state index contributed by atoms with van der Waals surface area (Å²) in [5, 5.41) is 8.59. The highest BCUT2D eigenvalue weighted by atomic mass is 32.1. The minimum atomic E-state index is 0.750. The predicted molar refractivity (Wildman–Crippen MR) is 83.0 cm³/mol. The molecule has 2 N–H and O–H groups in total. The van der Waals surface area contributed by atoms with Crippen molar-refractivity contribution in [1.82, 2.24) is 14.6 Å². The number of aromatic nitrogens is 3. The van der Waals surface area contributed by atoms with Crippen molar-refractivity contribution in [2.75, 3.05) is 5.73 Å². The third kappa shape index (κ3) is 1.60. The molecule has 98 valence electrons. The second kappa shape index (κ2) is 4.05. The highest BCUT2D eigenvalue weighted by Crippen LogP contribution is 2.30. The SMILES string of the molecule is Cc1ccc2c(c1)sc1nnc(-c3ccc(N)cc3)n12. The maximum absolute atomic E-state index is 5.74. The van der Waals surface area contributed by atoms with Gasteiger partial charge in [0.2, 0.25) is 4.96 Å². The number of fused-ring (bicyclic) bond motifs is 3. The molecule has 0 aliphatic rings. The Kier molecular flexibility index (Phi) is 2.31. The molecule has 2 aromatic carbocycles. The number of anilines is 1. The van der Waals surface area contributed by atoms with Crippen molar-refractivity contribution in [2.24, 2.45) is 0 Å². The van der Waals surface area contributed by atoms with Crippen molar-refractivity contribution < 1.29 is 0 Å². The van der Waals surface area contributed by atoms with Crippen LogP contribution in [-0.4, -0.2) is 14.6 Å². The highest BCUT2D eigenvalue weighted by Gasteiger charge is 2.13. The molecule has 4 nitrogen and oxygen atoms in total. The number of thiazole rings is 1. The first-order chi connectivity index (χ1) is 9.72. The topological polar surface area (TPSA) is 56.2 Å². The van der Waals surface area contributed by atoms with E-state index in [4.69, 9.17) is 5.73 Å². The first-order valence-corrected chi connectivity index (χ1v) is 7.14. The third-order valence-electron chi connectivity index (χ3n) is 3.36. The molecule has 5 heteroatoms. The Balaban J connectivity index is 2.04. The molecular weight excluding hydrogens is 268 g/mol. The lowest BCUT2D eigenvalue weighted by Gasteiger charge is -2.00. The van der Waals surface area contributed by atoms with Gasteiger partial charge in [-0.1, -0.05) is 17.4 Å². The van der Waals surface area contributed by atoms with Crippen LogP contribution in [0.4, 0.5) is 5.69 Å². The van der Waals surface area contributed by atoms with Gasteiger partial charge in [-0.05, 0) is 48.9 Å². The quantitative estimate of drug-likeness (QED) is 0.543. The average molecular weight is 280 g/mol. The van der Waals surface area contributed by atoms with Crippen LogP contribution in [-0.2, 0) is 0 Å². The summed E-state index contributed by atoms with van der Waals surface area (Å²) >= 11 is 1.66. The number of benzene rings is 2. The Morgan fingerprint density at radius 3 is 2.65 bits per heavy atom. The number of nitrogen functional groups attached to an aromatic ring is 1. The average Bonchev–Trinajstić information content (AvgIpc) is 2.98. The van der Waals surface area contributed by atoms with Gasteiger partial charge in [-0.3, -0.25) is 4.40 Å². The van der Waals surface area contributed by atoms with E-state index in [1.807, 2.05) is 24.3 Å². The zero-order chi connectivity index (χ0) is 13.7. The molecule has 0 bridgehead atoms. The molecule has 0 atom stereocenters. The number of nitrogens with zero attached hydrogens (tertiary/aromatic N) is 3. The van der Waals surface area contributed by atoms with E-state index in [2.05, 4.69) is 39.7 Å². The van der Waals surface area contributed by atoms with E-state index in [0.29, 0.717) is 0 Å². The van der Waals surface area contributed by atoms with Crippen molar-refractivity contribution in [1.29, 1.82) is 0 Å². The fraction of sp³-hybridized carbons (Fsp3) is 0.0667. The molecule has 0 spiro atoms. The summed E-state index contributed by atoms with van der Waals surface area (Å²) in [6.45, 7) is 2.10. The summed E-state index contributed by atoms with van der Waals surface area (Å²) in [7, 11) is 0. The molecule has 0 radical (unpaired) electrons. The Labute approximate surface area is 119 Å². The molecule has 2 heterocycles. The van der Waals surface area contributed by atoms with Crippen LogP contribution >= 0.6 is 11.3 Å². The number of hydrogen-bond donors (Lipinski definition) is 1. The zero-order valence-electron chi connectivity index (χ0n) is 10.9. The summed E-state index contributed by atoms with van der Waals surface area (Å²) in [4.78, 5) is 0.914. The van der Waals surface area contributed by atoms with E-state index in [9.17, 15) is 0 Å². The van der Waals surface area contributed by atoms with Gasteiger partial charge < -0.3 is 5.73 Å². The first kappa shape index (κ1) is 11.4. The van der Waals surface area contributed by atoms with Crippen LogP contribution in [0.3, 0.4) is 0 Å². The molecule has 4 aromatic rings. The van der Waals surface area contributed by atoms with Crippen LogP contribution in [0.15, 0.2) is 42.5 Å². The number of aryl methyl sites for hydroxylation is 1. The Bertz CT molecular complexity index is 918. The van der Waals surface area contributed by atoms with Gasteiger partial charge in [0.1, 0.15) is 0 Å². The van der Waals surface area contributed by atoms with E-state index >= 15 is 0 Å². The van der Waals surface area contributed by atoms with Crippen molar-refractivity contribution in [3.05, 3.63) is 48.0 Å². The molecule has 0 unspecified atom stereocenters. The monoisotopic (exact) mass is 280 g/mol. The Hall–Kier alpha value is -2.40. The largest absolute Gasteiger partial charge is 0.399 e. The van der Waals surface area contributed by atoms with Gasteiger partial charge in [0.15, 0.2) is 5.82 Å². The van der Waals surface area contributed by atoms with E-state index in [-0.39, 0.29) is 0 Å². The van der Waals surface area contributed by atoms with Gasteiger partial charge in [-0.25, -0.2) is 0 Å². The number of nitrogens with two attached hydrogens (primary N) is 1. The maximum atomic E-state index is 5.74. The van der Waals surface area contributed by atoms with Crippen molar-refractivity contribution >= 4 is 32.2 Å². The summed E-state index contributed by atoms with van der Waals surface area (Å²) in [6, 6.07) is 14.1. The summed E-state index contributed by atoms with van der Waals surface area (Å²) in [6.07, 6.45) is 0. The van der Waals surface area contributed by atoms with Gasteiger partial charge >= 0.3 is 0 Å². The van der Waals surface area contributed by atoms with Gasteiger partial charge in [0, 0.05) is 11.3 Å². The van der Waals surface area contributed by atoms with Crippen molar-refractivity contribution in [2.45, 2.75) is 6.92 Å². The van der Waals surface area contributed by atoms with Crippen LogP contribution in [0.25, 0.3) is 26.6 Å². The summed E-state index contributed by atoms with van der Waals surface area (Å²) in [5.74, 6) is 0.857. The second-order valence-electron chi connectivity index (χ2n) is 4.84. The van der Waals surface area contributed by atoms with Crippen LogP contribution < -0.4 is 5.73 Å². The molecule has 0 aliphatic heterocycles. The van der Waals surface area contributed by atoms with Crippen LogP contribution in [0.1, 0.15) is 5.56 Å².